The lowest BCUT2D eigenvalue weighted by Crippen LogP contribution is -2.54. The molecule has 0 radical (unpaired) electrons. The third-order valence-corrected chi connectivity index (χ3v) is 10.5. The first-order valence-corrected chi connectivity index (χ1v) is 16.7. The number of aliphatic hydroxyl groups is 1. The first kappa shape index (κ1) is 30.1. The molecule has 5 rings (SSSR count). The van der Waals surface area contributed by atoms with E-state index >= 15 is 0 Å². The van der Waals surface area contributed by atoms with E-state index in [2.05, 4.69) is 15.5 Å². The van der Waals surface area contributed by atoms with Crippen molar-refractivity contribution in [2.45, 2.75) is 133 Å². The number of carbonyl (C=O) groups excluding carboxylic acids is 1. The minimum absolute atomic E-state index is 0.188. The summed E-state index contributed by atoms with van der Waals surface area (Å²) < 4.78 is 0. The van der Waals surface area contributed by atoms with Crippen molar-refractivity contribution in [3.8, 4) is 0 Å². The van der Waals surface area contributed by atoms with Crippen molar-refractivity contribution in [2.24, 2.45) is 5.92 Å². The molecule has 0 spiro atoms. The highest BCUT2D eigenvalue weighted by Gasteiger charge is 2.39. The standard InChI is InChI=1S/C36H53N3O2/c1-28(36(41,30-14-6-2-7-15-30)31-16-8-3-9-17-31)37-35(40)38-32-24-22-29(23-25-32)26-27-39(33-18-10-4-11-19-33)34-20-12-5-13-21-34/h2-3,6-9,14-17,28-29,32-34,41H,4-5,10-13,18-27H2,1H3,(H2,37,38,40)/t28-,29-,32-/m1/s1. The van der Waals surface area contributed by atoms with Crippen LogP contribution in [0, 0.1) is 5.92 Å². The molecule has 3 fully saturated rings. The second-order valence-electron chi connectivity index (χ2n) is 13.2. The number of nitrogens with zero attached hydrogens (tertiary/aromatic N) is 1. The van der Waals surface area contributed by atoms with Gasteiger partial charge in [0.05, 0.1) is 6.04 Å². The van der Waals surface area contributed by atoms with Crippen LogP contribution < -0.4 is 10.6 Å². The summed E-state index contributed by atoms with van der Waals surface area (Å²) in [5.41, 5.74) is 0.227. The number of carbonyl (C=O) groups is 1. The Labute approximate surface area is 248 Å². The predicted molar refractivity (Wildman–Crippen MR) is 168 cm³/mol. The summed E-state index contributed by atoms with van der Waals surface area (Å²) >= 11 is 0. The average Bonchev–Trinajstić information content (AvgIpc) is 3.03. The Balaban J connectivity index is 1.11. The molecule has 0 heterocycles. The molecule has 0 aliphatic heterocycles. The normalized spacial score (nSPS) is 23.7. The molecule has 2 amide bonds. The molecular weight excluding hydrogens is 506 g/mol. The van der Waals surface area contributed by atoms with Crippen molar-refractivity contribution in [3.05, 3.63) is 71.8 Å². The van der Waals surface area contributed by atoms with Crippen LogP contribution in [0.5, 0.6) is 0 Å². The Hall–Kier alpha value is -2.37. The quantitative estimate of drug-likeness (QED) is 0.282. The van der Waals surface area contributed by atoms with Gasteiger partial charge in [-0.15, -0.1) is 0 Å². The molecule has 5 heteroatoms. The molecule has 1 atom stereocenters. The molecular formula is C36H53N3O2. The van der Waals surface area contributed by atoms with Gasteiger partial charge in [0.15, 0.2) is 0 Å². The molecule has 0 unspecified atom stereocenters. The molecule has 0 bridgehead atoms. The first-order chi connectivity index (χ1) is 20.0. The Morgan fingerprint density at radius 1 is 0.780 bits per heavy atom. The maximum atomic E-state index is 13.1. The zero-order valence-corrected chi connectivity index (χ0v) is 25.3. The molecule has 0 aromatic heterocycles. The van der Waals surface area contributed by atoms with Crippen LogP contribution in [-0.4, -0.2) is 46.7 Å². The molecule has 224 valence electrons. The second-order valence-corrected chi connectivity index (χ2v) is 13.2. The molecule has 3 N–H and O–H groups in total. The maximum absolute atomic E-state index is 13.1. The summed E-state index contributed by atoms with van der Waals surface area (Å²) in [6.07, 6.45) is 19.9. The predicted octanol–water partition coefficient (Wildman–Crippen LogP) is 7.53. The van der Waals surface area contributed by atoms with E-state index in [0.29, 0.717) is 0 Å². The largest absolute Gasteiger partial charge is 0.378 e. The first-order valence-electron chi connectivity index (χ1n) is 16.7. The van der Waals surface area contributed by atoms with Crippen LogP contribution in [0.15, 0.2) is 60.7 Å². The van der Waals surface area contributed by atoms with E-state index in [4.69, 9.17) is 0 Å². The Morgan fingerprint density at radius 3 is 1.76 bits per heavy atom. The van der Waals surface area contributed by atoms with Gasteiger partial charge in [-0.25, -0.2) is 4.79 Å². The summed E-state index contributed by atoms with van der Waals surface area (Å²) in [5.74, 6) is 0.769. The van der Waals surface area contributed by atoms with Crippen LogP contribution in [-0.2, 0) is 5.60 Å². The number of hydrogen-bond acceptors (Lipinski definition) is 3. The van der Waals surface area contributed by atoms with E-state index in [1.54, 1.807) is 0 Å². The third-order valence-electron chi connectivity index (χ3n) is 10.5. The molecule has 2 aromatic rings. The number of nitrogens with one attached hydrogen (secondary N) is 2. The van der Waals surface area contributed by atoms with Crippen molar-refractivity contribution in [1.29, 1.82) is 0 Å². The van der Waals surface area contributed by atoms with Crippen LogP contribution >= 0.6 is 0 Å². The van der Waals surface area contributed by atoms with E-state index in [1.807, 2.05) is 67.6 Å². The zero-order chi connectivity index (χ0) is 28.5. The van der Waals surface area contributed by atoms with Crippen LogP contribution in [0.4, 0.5) is 4.79 Å². The molecule has 3 aliphatic rings. The Morgan fingerprint density at radius 2 is 1.27 bits per heavy atom. The van der Waals surface area contributed by atoms with Crippen LogP contribution in [0.3, 0.4) is 0 Å². The van der Waals surface area contributed by atoms with Gasteiger partial charge in [-0.1, -0.05) is 99.2 Å². The molecule has 0 saturated heterocycles. The monoisotopic (exact) mass is 559 g/mol. The van der Waals surface area contributed by atoms with Gasteiger partial charge in [-0.05, 0) is 88.3 Å². The molecule has 3 saturated carbocycles. The summed E-state index contributed by atoms with van der Waals surface area (Å²) in [4.78, 5) is 16.1. The lowest BCUT2D eigenvalue weighted by molar-refractivity contribution is 0.0470. The highest BCUT2D eigenvalue weighted by Crippen LogP contribution is 2.34. The van der Waals surface area contributed by atoms with Crippen molar-refractivity contribution < 1.29 is 9.90 Å². The average molecular weight is 560 g/mol. The number of urea groups is 1. The van der Waals surface area contributed by atoms with Gasteiger partial charge in [0, 0.05) is 18.1 Å². The molecule has 5 nitrogen and oxygen atoms in total. The van der Waals surface area contributed by atoms with E-state index in [-0.39, 0.29) is 12.1 Å². The van der Waals surface area contributed by atoms with E-state index < -0.39 is 11.6 Å². The Kier molecular flexibility index (Phi) is 10.8. The van der Waals surface area contributed by atoms with Gasteiger partial charge in [-0.2, -0.15) is 0 Å². The van der Waals surface area contributed by atoms with Gasteiger partial charge < -0.3 is 15.7 Å². The zero-order valence-electron chi connectivity index (χ0n) is 25.3. The molecule has 41 heavy (non-hydrogen) atoms. The van der Waals surface area contributed by atoms with Crippen molar-refractivity contribution >= 4 is 6.03 Å². The smallest absolute Gasteiger partial charge is 0.315 e. The van der Waals surface area contributed by atoms with Crippen LogP contribution in [0.1, 0.15) is 114 Å². The number of amides is 2. The fourth-order valence-corrected chi connectivity index (χ4v) is 8.00. The number of hydrogen-bond donors (Lipinski definition) is 3. The SMILES string of the molecule is C[C@@H](NC(=O)N[C@H]1CC[C@H](CCN(C2CCCCC2)C2CCCCC2)CC1)C(O)(c1ccccc1)c1ccccc1. The van der Waals surface area contributed by atoms with Gasteiger partial charge in [-0.3, -0.25) is 4.90 Å². The third kappa shape index (κ3) is 7.73. The summed E-state index contributed by atoms with van der Waals surface area (Å²) in [6.45, 7) is 3.16. The van der Waals surface area contributed by atoms with E-state index in [1.165, 1.54) is 90.0 Å². The minimum Gasteiger partial charge on any atom is -0.378 e. The molecule has 3 aliphatic carbocycles. The summed E-state index contributed by atoms with van der Waals surface area (Å²) in [5, 5.41) is 18.3. The van der Waals surface area contributed by atoms with Gasteiger partial charge >= 0.3 is 6.03 Å². The van der Waals surface area contributed by atoms with Crippen molar-refractivity contribution in [2.75, 3.05) is 6.54 Å². The minimum atomic E-state index is -1.32. The second kappa shape index (κ2) is 14.7. The summed E-state index contributed by atoms with van der Waals surface area (Å²) in [7, 11) is 0. The van der Waals surface area contributed by atoms with Crippen LogP contribution in [0.25, 0.3) is 0 Å². The van der Waals surface area contributed by atoms with E-state index in [9.17, 15) is 9.90 Å². The lowest BCUT2D eigenvalue weighted by Gasteiger charge is -2.42. The van der Waals surface area contributed by atoms with Gasteiger partial charge in [0.25, 0.3) is 0 Å². The topological polar surface area (TPSA) is 64.6 Å². The van der Waals surface area contributed by atoms with Crippen molar-refractivity contribution in [3.63, 3.8) is 0 Å². The van der Waals surface area contributed by atoms with Crippen LogP contribution in [0.2, 0.25) is 0 Å². The lowest BCUT2D eigenvalue weighted by atomic mass is 9.81. The van der Waals surface area contributed by atoms with Crippen molar-refractivity contribution in [1.82, 2.24) is 15.5 Å². The Bertz CT molecular complexity index is 984. The number of rotatable bonds is 10. The van der Waals surface area contributed by atoms with Gasteiger partial charge in [0.1, 0.15) is 5.60 Å². The van der Waals surface area contributed by atoms with Gasteiger partial charge in [0.2, 0.25) is 0 Å². The molecule has 2 aromatic carbocycles. The highest BCUT2D eigenvalue weighted by atomic mass is 16.3. The maximum Gasteiger partial charge on any atom is 0.315 e. The number of benzene rings is 2. The highest BCUT2D eigenvalue weighted by molar-refractivity contribution is 5.75. The fourth-order valence-electron chi connectivity index (χ4n) is 8.00. The fraction of sp³-hybridized carbons (Fsp3) is 0.639. The van der Waals surface area contributed by atoms with E-state index in [0.717, 1.165) is 42.0 Å². The summed E-state index contributed by atoms with van der Waals surface area (Å²) in [6, 6.07) is 20.4.